The van der Waals surface area contributed by atoms with E-state index in [0.29, 0.717) is 23.7 Å². The number of hydrogen-bond donors (Lipinski definition) is 1. The third kappa shape index (κ3) is 2.42. The van der Waals surface area contributed by atoms with Gasteiger partial charge in [0, 0.05) is 29.2 Å². The van der Waals surface area contributed by atoms with Crippen molar-refractivity contribution in [2.75, 3.05) is 0 Å². The number of fused-ring (bicyclic) bond motifs is 7. The Morgan fingerprint density at radius 2 is 1.59 bits per heavy atom. The van der Waals surface area contributed by atoms with Crippen LogP contribution in [0.15, 0.2) is 34.6 Å². The van der Waals surface area contributed by atoms with E-state index < -0.39 is 5.41 Å². The standard InChI is InChI=1S/C28H36O4/c1-15-11-22-25(3,14-21(15)31)7-9-28(6)24-20(30)12-17-16(2)23(32)19(29)13-18(17)26(24,4)8-10-27(22,28)5/h12-13,15,22,24,32H,7-11,14H2,1-6H3. The number of rotatable bonds is 0. The van der Waals surface area contributed by atoms with Crippen molar-refractivity contribution in [1.29, 1.82) is 0 Å². The van der Waals surface area contributed by atoms with E-state index in [1.807, 2.05) is 0 Å². The van der Waals surface area contributed by atoms with Gasteiger partial charge in [0.25, 0.3) is 0 Å². The molecular formula is C28H36O4. The Morgan fingerprint density at radius 1 is 0.938 bits per heavy atom. The topological polar surface area (TPSA) is 71.4 Å². The van der Waals surface area contributed by atoms with Crippen molar-refractivity contribution in [3.8, 4) is 0 Å². The first-order chi connectivity index (χ1) is 14.8. The van der Waals surface area contributed by atoms with Crippen molar-refractivity contribution >= 4 is 17.3 Å². The largest absolute Gasteiger partial charge is 0.504 e. The molecule has 0 aliphatic heterocycles. The molecule has 0 aromatic heterocycles. The fourth-order valence-electron chi connectivity index (χ4n) is 8.88. The van der Waals surface area contributed by atoms with Gasteiger partial charge in [-0.05, 0) is 84.5 Å². The fourth-order valence-corrected chi connectivity index (χ4v) is 8.88. The molecule has 7 atom stereocenters. The molecule has 32 heavy (non-hydrogen) atoms. The van der Waals surface area contributed by atoms with Crippen molar-refractivity contribution in [2.45, 2.75) is 80.1 Å². The van der Waals surface area contributed by atoms with Crippen LogP contribution in [0.3, 0.4) is 0 Å². The van der Waals surface area contributed by atoms with E-state index in [0.717, 1.165) is 43.3 Å². The molecule has 0 spiro atoms. The van der Waals surface area contributed by atoms with Crippen LogP contribution in [-0.2, 0) is 14.4 Å². The van der Waals surface area contributed by atoms with E-state index in [1.165, 1.54) is 0 Å². The molecule has 4 heteroatoms. The van der Waals surface area contributed by atoms with Crippen LogP contribution in [0.25, 0.3) is 0 Å². The molecule has 0 radical (unpaired) electrons. The lowest BCUT2D eigenvalue weighted by atomic mass is 9.33. The maximum absolute atomic E-state index is 13.8. The summed E-state index contributed by atoms with van der Waals surface area (Å²) >= 11 is 0. The summed E-state index contributed by atoms with van der Waals surface area (Å²) in [6.45, 7) is 13.0. The first kappa shape index (κ1) is 21.9. The average molecular weight is 437 g/mol. The molecular weight excluding hydrogens is 400 g/mol. The van der Waals surface area contributed by atoms with Crippen molar-refractivity contribution < 1.29 is 19.5 Å². The average Bonchev–Trinajstić information content (AvgIpc) is 2.71. The summed E-state index contributed by atoms with van der Waals surface area (Å²) < 4.78 is 0. The third-order valence-corrected chi connectivity index (χ3v) is 11.0. The molecule has 0 saturated heterocycles. The van der Waals surface area contributed by atoms with Crippen molar-refractivity contribution in [3.63, 3.8) is 0 Å². The highest BCUT2D eigenvalue weighted by Gasteiger charge is 2.69. The number of carbonyl (C=O) groups is 3. The first-order valence-corrected chi connectivity index (χ1v) is 12.2. The summed E-state index contributed by atoms with van der Waals surface area (Å²) in [5, 5.41) is 10.2. The van der Waals surface area contributed by atoms with Gasteiger partial charge in [-0.2, -0.15) is 0 Å². The number of aliphatic hydroxyl groups is 1. The molecule has 0 aromatic rings. The molecule has 3 fully saturated rings. The molecule has 5 rings (SSSR count). The predicted molar refractivity (Wildman–Crippen MR) is 123 cm³/mol. The maximum atomic E-state index is 13.8. The second-order valence-corrected chi connectivity index (χ2v) is 12.5. The highest BCUT2D eigenvalue weighted by atomic mass is 16.3. The van der Waals surface area contributed by atoms with Gasteiger partial charge in [0.15, 0.2) is 11.5 Å². The summed E-state index contributed by atoms with van der Waals surface area (Å²) in [4.78, 5) is 39.0. The molecule has 0 amide bonds. The van der Waals surface area contributed by atoms with Gasteiger partial charge in [-0.3, -0.25) is 14.4 Å². The number of Topliss-reactive ketones (excluding diaryl/α,β-unsaturated/α-hetero) is 1. The minimum Gasteiger partial charge on any atom is -0.504 e. The highest BCUT2D eigenvalue weighted by Crippen LogP contribution is 2.74. The van der Waals surface area contributed by atoms with Gasteiger partial charge < -0.3 is 5.11 Å². The molecule has 5 aliphatic rings. The predicted octanol–water partition coefficient (Wildman–Crippen LogP) is 5.68. The van der Waals surface area contributed by atoms with Crippen LogP contribution in [-0.4, -0.2) is 22.5 Å². The minimum absolute atomic E-state index is 0.00942. The van der Waals surface area contributed by atoms with E-state index in [4.69, 9.17) is 0 Å². The zero-order valence-electron chi connectivity index (χ0n) is 20.3. The first-order valence-electron chi connectivity index (χ1n) is 12.2. The molecule has 172 valence electrons. The minimum atomic E-state index is -0.420. The Kier molecular flexibility index (Phi) is 4.32. The molecule has 0 bridgehead atoms. The van der Waals surface area contributed by atoms with Gasteiger partial charge >= 0.3 is 0 Å². The van der Waals surface area contributed by atoms with Crippen LogP contribution in [0.1, 0.15) is 80.1 Å². The van der Waals surface area contributed by atoms with Gasteiger partial charge in [-0.1, -0.05) is 34.6 Å². The van der Waals surface area contributed by atoms with Gasteiger partial charge in [-0.15, -0.1) is 0 Å². The second kappa shape index (κ2) is 6.33. The van der Waals surface area contributed by atoms with Crippen molar-refractivity contribution in [1.82, 2.24) is 0 Å². The molecule has 1 N–H and O–H groups in total. The van der Waals surface area contributed by atoms with Crippen molar-refractivity contribution in [3.05, 3.63) is 34.6 Å². The van der Waals surface area contributed by atoms with Crippen LogP contribution in [0.2, 0.25) is 0 Å². The molecule has 0 aromatic carbocycles. The number of allylic oxidation sites excluding steroid dienone is 5. The Bertz CT molecular complexity index is 1060. The Hall–Kier alpha value is -1.97. The van der Waals surface area contributed by atoms with E-state index in [1.54, 1.807) is 19.1 Å². The lowest BCUT2D eigenvalue weighted by Crippen LogP contribution is -2.66. The van der Waals surface area contributed by atoms with E-state index >= 15 is 0 Å². The highest BCUT2D eigenvalue weighted by molar-refractivity contribution is 6.09. The summed E-state index contributed by atoms with van der Waals surface area (Å²) in [5.74, 6) is 0.251. The zero-order valence-corrected chi connectivity index (χ0v) is 20.3. The normalized spacial score (nSPS) is 48.3. The van der Waals surface area contributed by atoms with E-state index in [-0.39, 0.29) is 45.4 Å². The SMILES string of the molecule is CC1=C(O)C(=O)C=C2C1=CC(=O)C1C2(C)CCC2(C)C3CC(C)C(=O)CC3(C)CCC12C. The smallest absolute Gasteiger partial charge is 0.220 e. The number of hydrogen-bond acceptors (Lipinski definition) is 4. The van der Waals surface area contributed by atoms with Crippen LogP contribution < -0.4 is 0 Å². The maximum Gasteiger partial charge on any atom is 0.220 e. The summed E-state index contributed by atoms with van der Waals surface area (Å²) in [6.07, 6.45) is 8.59. The summed E-state index contributed by atoms with van der Waals surface area (Å²) in [7, 11) is 0. The van der Waals surface area contributed by atoms with E-state index in [9.17, 15) is 19.5 Å². The van der Waals surface area contributed by atoms with Gasteiger partial charge in [0.1, 0.15) is 5.78 Å². The lowest BCUT2D eigenvalue weighted by molar-refractivity contribution is -0.206. The molecule has 3 saturated carbocycles. The van der Waals surface area contributed by atoms with Crippen LogP contribution in [0, 0.1) is 39.4 Å². The summed E-state index contributed by atoms with van der Waals surface area (Å²) in [6, 6.07) is 0. The Balaban J connectivity index is 1.65. The Morgan fingerprint density at radius 3 is 2.28 bits per heavy atom. The van der Waals surface area contributed by atoms with E-state index in [2.05, 4.69) is 34.6 Å². The third-order valence-electron chi connectivity index (χ3n) is 11.0. The quantitative estimate of drug-likeness (QED) is 0.530. The summed E-state index contributed by atoms with van der Waals surface area (Å²) in [5.41, 5.74) is 1.56. The molecule has 4 nitrogen and oxygen atoms in total. The van der Waals surface area contributed by atoms with Crippen LogP contribution in [0.4, 0.5) is 0 Å². The number of carbonyl (C=O) groups excluding carboxylic acids is 3. The Labute approximate surface area is 191 Å². The lowest BCUT2D eigenvalue weighted by Gasteiger charge is -2.70. The molecule has 5 aliphatic carbocycles. The monoisotopic (exact) mass is 436 g/mol. The number of aliphatic hydroxyl groups excluding tert-OH is 1. The van der Waals surface area contributed by atoms with Gasteiger partial charge in [-0.25, -0.2) is 0 Å². The van der Waals surface area contributed by atoms with Crippen molar-refractivity contribution in [2.24, 2.45) is 39.4 Å². The van der Waals surface area contributed by atoms with Gasteiger partial charge in [0.2, 0.25) is 5.78 Å². The zero-order chi connectivity index (χ0) is 23.4. The molecule has 0 heterocycles. The number of ketones is 3. The van der Waals surface area contributed by atoms with Crippen LogP contribution in [0.5, 0.6) is 0 Å². The van der Waals surface area contributed by atoms with Crippen LogP contribution >= 0.6 is 0 Å². The second-order valence-electron chi connectivity index (χ2n) is 12.5. The van der Waals surface area contributed by atoms with Gasteiger partial charge in [0.05, 0.1) is 0 Å². The molecule has 7 unspecified atom stereocenters. The fraction of sp³-hybridized carbons (Fsp3) is 0.679.